The van der Waals surface area contributed by atoms with Crippen molar-refractivity contribution in [3.8, 4) is 5.75 Å². The minimum atomic E-state index is -4.60. The third-order valence-electron chi connectivity index (χ3n) is 4.75. The van der Waals surface area contributed by atoms with Crippen molar-refractivity contribution in [2.24, 2.45) is 0 Å². The highest BCUT2D eigenvalue weighted by Crippen LogP contribution is 2.31. The Morgan fingerprint density at radius 2 is 1.84 bits per heavy atom. The van der Waals surface area contributed by atoms with Crippen LogP contribution in [0.1, 0.15) is 34.0 Å². The second kappa shape index (κ2) is 10.4. The van der Waals surface area contributed by atoms with Gasteiger partial charge >= 0.3 is 6.18 Å². The van der Waals surface area contributed by atoms with E-state index in [9.17, 15) is 18.0 Å². The number of carbonyl (C=O) groups excluding carboxylic acids is 1. The minimum Gasteiger partial charge on any atom is -0.489 e. The molecule has 0 radical (unpaired) electrons. The summed E-state index contributed by atoms with van der Waals surface area (Å²) in [5.74, 6) is -0.167. The van der Waals surface area contributed by atoms with E-state index < -0.39 is 29.3 Å². The predicted octanol–water partition coefficient (Wildman–Crippen LogP) is 5.13. The van der Waals surface area contributed by atoms with E-state index in [4.69, 9.17) is 9.15 Å². The second-order valence-electron chi connectivity index (χ2n) is 7.63. The normalized spacial score (nSPS) is 12.6. The van der Waals surface area contributed by atoms with E-state index in [1.165, 1.54) is 12.1 Å². The lowest BCUT2D eigenvalue weighted by atomic mass is 10.1. The highest BCUT2D eigenvalue weighted by atomic mass is 19.4. The molecule has 0 unspecified atom stereocenters. The number of nitrogens with zero attached hydrogens (tertiary/aromatic N) is 1. The van der Waals surface area contributed by atoms with Crippen LogP contribution in [0.25, 0.3) is 0 Å². The smallest absolute Gasteiger partial charge is 0.417 e. The van der Waals surface area contributed by atoms with Gasteiger partial charge in [-0.05, 0) is 49.9 Å². The van der Waals surface area contributed by atoms with Crippen molar-refractivity contribution < 1.29 is 27.1 Å². The Morgan fingerprint density at radius 1 is 1.09 bits per heavy atom. The van der Waals surface area contributed by atoms with Crippen LogP contribution in [-0.4, -0.2) is 30.5 Å². The van der Waals surface area contributed by atoms with Gasteiger partial charge in [-0.2, -0.15) is 13.2 Å². The topological polar surface area (TPSA) is 54.7 Å². The molecule has 3 rings (SSSR count). The van der Waals surface area contributed by atoms with Gasteiger partial charge in [0, 0.05) is 18.7 Å². The molecule has 2 aromatic carbocycles. The van der Waals surface area contributed by atoms with Crippen LogP contribution in [0.5, 0.6) is 5.75 Å². The maximum atomic E-state index is 13.1. The number of hydrogen-bond acceptors (Lipinski definition) is 4. The van der Waals surface area contributed by atoms with Crippen molar-refractivity contribution in [3.63, 3.8) is 0 Å². The van der Waals surface area contributed by atoms with Crippen molar-refractivity contribution in [2.45, 2.75) is 32.3 Å². The first-order valence-electron chi connectivity index (χ1n) is 10.1. The average Bonchev–Trinajstić information content (AvgIpc) is 3.24. The molecular weight excluding hydrogens is 421 g/mol. The summed E-state index contributed by atoms with van der Waals surface area (Å²) < 4.78 is 50.3. The van der Waals surface area contributed by atoms with Crippen LogP contribution in [0, 0.1) is 0 Å². The first-order chi connectivity index (χ1) is 15.2. The second-order valence-corrected chi connectivity index (χ2v) is 7.63. The van der Waals surface area contributed by atoms with Crippen LogP contribution >= 0.6 is 0 Å². The third kappa shape index (κ3) is 6.62. The minimum absolute atomic E-state index is 0.0651. The standard InChI is InChI=1S/C24H25F3N2O3/c1-17(13-28-23(30)21-8-3-4-9-22(21)24(25,26)27)32-20-7-5-6-18(12-20)14-29(2)15-19-10-11-31-16-19/h3-12,16-17H,13-15H2,1-2H3,(H,28,30)/t17-/m0/s1. The molecule has 8 heteroatoms. The van der Waals surface area contributed by atoms with Crippen LogP contribution < -0.4 is 10.1 Å². The number of alkyl halides is 3. The summed E-state index contributed by atoms with van der Waals surface area (Å²) >= 11 is 0. The van der Waals surface area contributed by atoms with E-state index in [0.717, 1.165) is 29.8 Å². The Bertz CT molecular complexity index is 1020. The molecule has 5 nitrogen and oxygen atoms in total. The first-order valence-corrected chi connectivity index (χ1v) is 10.1. The van der Waals surface area contributed by atoms with Gasteiger partial charge in [-0.25, -0.2) is 0 Å². The van der Waals surface area contributed by atoms with Crippen molar-refractivity contribution in [1.82, 2.24) is 10.2 Å². The summed E-state index contributed by atoms with van der Waals surface area (Å²) in [6.45, 7) is 3.24. The highest BCUT2D eigenvalue weighted by Gasteiger charge is 2.34. The molecular formula is C24H25F3N2O3. The fraction of sp³-hybridized carbons (Fsp3) is 0.292. The number of furan rings is 1. The van der Waals surface area contributed by atoms with Crippen molar-refractivity contribution in [3.05, 3.63) is 89.4 Å². The summed E-state index contributed by atoms with van der Waals surface area (Å²) in [6.07, 6.45) is -1.68. The van der Waals surface area contributed by atoms with Gasteiger partial charge in [-0.3, -0.25) is 9.69 Å². The Hall–Kier alpha value is -3.26. The van der Waals surface area contributed by atoms with E-state index in [-0.39, 0.29) is 6.54 Å². The molecule has 0 spiro atoms. The van der Waals surface area contributed by atoms with Crippen LogP contribution in [0.3, 0.4) is 0 Å². The molecule has 3 aromatic rings. The summed E-state index contributed by atoms with van der Waals surface area (Å²) in [5, 5.41) is 2.52. The Kier molecular flexibility index (Phi) is 7.58. The molecule has 1 N–H and O–H groups in total. The Morgan fingerprint density at radius 3 is 2.56 bits per heavy atom. The third-order valence-corrected chi connectivity index (χ3v) is 4.75. The number of benzene rings is 2. The fourth-order valence-electron chi connectivity index (χ4n) is 3.31. The molecule has 0 bridgehead atoms. The van der Waals surface area contributed by atoms with E-state index in [0.29, 0.717) is 12.3 Å². The first kappa shape index (κ1) is 23.4. The molecule has 0 saturated heterocycles. The van der Waals surface area contributed by atoms with Crippen LogP contribution in [0.15, 0.2) is 71.5 Å². The number of amides is 1. The van der Waals surface area contributed by atoms with E-state index in [1.807, 2.05) is 31.3 Å². The SMILES string of the molecule is C[C@@H](CNC(=O)c1ccccc1C(F)(F)F)Oc1cccc(CN(C)Cc2ccoc2)c1. The molecule has 0 aliphatic carbocycles. The lowest BCUT2D eigenvalue weighted by Gasteiger charge is -2.19. The molecule has 1 aromatic heterocycles. The van der Waals surface area contributed by atoms with Gasteiger partial charge in [-0.1, -0.05) is 24.3 Å². The maximum absolute atomic E-state index is 13.1. The van der Waals surface area contributed by atoms with Gasteiger partial charge in [0.05, 0.1) is 30.2 Å². The summed E-state index contributed by atoms with van der Waals surface area (Å²) in [5.41, 5.74) is 0.758. The molecule has 0 aliphatic rings. The van der Waals surface area contributed by atoms with Gasteiger partial charge in [0.15, 0.2) is 0 Å². The zero-order valence-corrected chi connectivity index (χ0v) is 17.9. The molecule has 0 aliphatic heterocycles. The molecule has 1 amide bonds. The zero-order valence-electron chi connectivity index (χ0n) is 17.9. The summed E-state index contributed by atoms with van der Waals surface area (Å²) in [6, 6.07) is 14.2. The Labute approximate surface area is 184 Å². The summed E-state index contributed by atoms with van der Waals surface area (Å²) in [7, 11) is 2.00. The fourth-order valence-corrected chi connectivity index (χ4v) is 3.31. The molecule has 0 fully saturated rings. The maximum Gasteiger partial charge on any atom is 0.417 e. The number of nitrogens with one attached hydrogen (secondary N) is 1. The number of carbonyl (C=O) groups is 1. The van der Waals surface area contributed by atoms with E-state index in [2.05, 4.69) is 10.2 Å². The number of rotatable bonds is 9. The zero-order chi connectivity index (χ0) is 23.1. The lowest BCUT2D eigenvalue weighted by molar-refractivity contribution is -0.137. The number of ether oxygens (including phenoxy) is 1. The van der Waals surface area contributed by atoms with E-state index in [1.54, 1.807) is 25.5 Å². The molecule has 32 heavy (non-hydrogen) atoms. The van der Waals surface area contributed by atoms with Gasteiger partial charge in [-0.15, -0.1) is 0 Å². The average molecular weight is 446 g/mol. The van der Waals surface area contributed by atoms with E-state index >= 15 is 0 Å². The van der Waals surface area contributed by atoms with Gasteiger partial charge in [0.1, 0.15) is 11.9 Å². The van der Waals surface area contributed by atoms with Gasteiger partial charge in [0.2, 0.25) is 0 Å². The van der Waals surface area contributed by atoms with Crippen LogP contribution in [-0.2, 0) is 19.3 Å². The van der Waals surface area contributed by atoms with Crippen molar-refractivity contribution >= 4 is 5.91 Å². The van der Waals surface area contributed by atoms with Crippen molar-refractivity contribution in [1.29, 1.82) is 0 Å². The van der Waals surface area contributed by atoms with Crippen LogP contribution in [0.4, 0.5) is 13.2 Å². The van der Waals surface area contributed by atoms with Gasteiger partial charge < -0.3 is 14.5 Å². The molecule has 0 saturated carbocycles. The monoisotopic (exact) mass is 446 g/mol. The number of hydrogen-bond donors (Lipinski definition) is 1. The molecule has 170 valence electrons. The van der Waals surface area contributed by atoms with Crippen LogP contribution in [0.2, 0.25) is 0 Å². The molecule has 1 atom stereocenters. The highest BCUT2D eigenvalue weighted by molar-refractivity contribution is 5.95. The Balaban J connectivity index is 1.54. The molecule has 1 heterocycles. The number of halogens is 3. The largest absolute Gasteiger partial charge is 0.489 e. The van der Waals surface area contributed by atoms with Gasteiger partial charge in [0.25, 0.3) is 5.91 Å². The quantitative estimate of drug-likeness (QED) is 0.495. The predicted molar refractivity (Wildman–Crippen MR) is 114 cm³/mol. The lowest BCUT2D eigenvalue weighted by Crippen LogP contribution is -2.34. The van der Waals surface area contributed by atoms with Crippen molar-refractivity contribution in [2.75, 3.05) is 13.6 Å². The summed E-state index contributed by atoms with van der Waals surface area (Å²) in [4.78, 5) is 14.4.